The van der Waals surface area contributed by atoms with E-state index in [1.807, 2.05) is 38.1 Å². The molecule has 1 saturated carbocycles. The molecule has 20 heavy (non-hydrogen) atoms. The molecule has 2 aromatic rings. The summed E-state index contributed by atoms with van der Waals surface area (Å²) in [7, 11) is 0. The zero-order chi connectivity index (χ0) is 14.3. The summed E-state index contributed by atoms with van der Waals surface area (Å²) in [6.45, 7) is 3.98. The van der Waals surface area contributed by atoms with Gasteiger partial charge in [0.25, 0.3) is 5.91 Å². The third-order valence-electron chi connectivity index (χ3n) is 3.55. The summed E-state index contributed by atoms with van der Waals surface area (Å²) in [6, 6.07) is 7.70. The first-order valence-electron chi connectivity index (χ1n) is 6.87. The van der Waals surface area contributed by atoms with Crippen molar-refractivity contribution in [2.24, 2.45) is 16.1 Å². The lowest BCUT2D eigenvalue weighted by Gasteiger charge is -2.10. The van der Waals surface area contributed by atoms with Gasteiger partial charge in [-0.2, -0.15) is 0 Å². The Morgan fingerprint density at radius 2 is 2.05 bits per heavy atom. The molecule has 1 heterocycles. The first kappa shape index (κ1) is 12.8. The van der Waals surface area contributed by atoms with Crippen LogP contribution in [0.25, 0.3) is 10.9 Å². The molecule has 5 heteroatoms. The SMILES string of the molecule is CC(C)n1c(O)c(N=NC(=O)C2CC2)c2ccccc21. The zero-order valence-electron chi connectivity index (χ0n) is 11.6. The maximum atomic E-state index is 11.6. The quantitative estimate of drug-likeness (QED) is 0.859. The highest BCUT2D eigenvalue weighted by atomic mass is 16.3. The van der Waals surface area contributed by atoms with Gasteiger partial charge in [0.1, 0.15) is 0 Å². The number of carbonyl (C=O) groups excluding carboxylic acids is 1. The van der Waals surface area contributed by atoms with E-state index < -0.39 is 0 Å². The number of rotatable bonds is 3. The van der Waals surface area contributed by atoms with Gasteiger partial charge in [-0.25, -0.2) is 0 Å². The largest absolute Gasteiger partial charge is 0.493 e. The van der Waals surface area contributed by atoms with Crippen molar-refractivity contribution >= 4 is 22.5 Å². The van der Waals surface area contributed by atoms with Crippen LogP contribution in [0.5, 0.6) is 5.88 Å². The Labute approximate surface area is 116 Å². The second kappa shape index (κ2) is 4.74. The molecule has 104 valence electrons. The molecule has 0 aliphatic heterocycles. The van der Waals surface area contributed by atoms with E-state index in [0.29, 0.717) is 5.69 Å². The van der Waals surface area contributed by atoms with Crippen molar-refractivity contribution in [3.05, 3.63) is 24.3 Å². The number of aromatic nitrogens is 1. The van der Waals surface area contributed by atoms with Crippen molar-refractivity contribution in [3.63, 3.8) is 0 Å². The highest BCUT2D eigenvalue weighted by Crippen LogP contribution is 2.41. The van der Waals surface area contributed by atoms with Crippen molar-refractivity contribution < 1.29 is 9.90 Å². The third kappa shape index (κ3) is 2.09. The predicted octanol–water partition coefficient (Wildman–Crippen LogP) is 3.95. The summed E-state index contributed by atoms with van der Waals surface area (Å²) >= 11 is 0. The molecular weight excluding hydrogens is 254 g/mol. The summed E-state index contributed by atoms with van der Waals surface area (Å²) in [5.74, 6) is -0.0846. The molecule has 0 saturated heterocycles. The number of nitrogens with zero attached hydrogens (tertiary/aromatic N) is 3. The molecule has 0 unspecified atom stereocenters. The highest BCUT2D eigenvalue weighted by molar-refractivity contribution is 5.95. The molecule has 1 amide bonds. The molecular formula is C15H17N3O2. The summed E-state index contributed by atoms with van der Waals surface area (Å²) in [5, 5.41) is 18.9. The Hall–Kier alpha value is -2.17. The van der Waals surface area contributed by atoms with Crippen LogP contribution in [0.1, 0.15) is 32.7 Å². The van der Waals surface area contributed by atoms with Gasteiger partial charge in [-0.3, -0.25) is 4.79 Å². The van der Waals surface area contributed by atoms with Gasteiger partial charge >= 0.3 is 0 Å². The van der Waals surface area contributed by atoms with Crippen molar-refractivity contribution in [1.82, 2.24) is 4.57 Å². The van der Waals surface area contributed by atoms with Gasteiger partial charge in [-0.15, -0.1) is 10.2 Å². The fraction of sp³-hybridized carbons (Fsp3) is 0.400. The van der Waals surface area contributed by atoms with E-state index in [2.05, 4.69) is 10.2 Å². The van der Waals surface area contributed by atoms with E-state index >= 15 is 0 Å². The first-order valence-corrected chi connectivity index (χ1v) is 6.87. The number of amides is 1. The van der Waals surface area contributed by atoms with E-state index in [0.717, 1.165) is 23.7 Å². The Kier molecular flexibility index (Phi) is 3.04. The number of aromatic hydroxyl groups is 1. The van der Waals surface area contributed by atoms with Crippen LogP contribution in [0.15, 0.2) is 34.5 Å². The van der Waals surface area contributed by atoms with Gasteiger partial charge in [0, 0.05) is 17.3 Å². The number of benzene rings is 1. The van der Waals surface area contributed by atoms with E-state index in [1.165, 1.54) is 0 Å². The summed E-state index contributed by atoms with van der Waals surface area (Å²) in [4.78, 5) is 11.6. The van der Waals surface area contributed by atoms with E-state index in [-0.39, 0.29) is 23.7 Å². The topological polar surface area (TPSA) is 66.9 Å². The minimum absolute atomic E-state index is 0.0411. The van der Waals surface area contributed by atoms with Crippen LogP contribution in [0, 0.1) is 5.92 Å². The van der Waals surface area contributed by atoms with Gasteiger partial charge in [-0.05, 0) is 32.8 Å². The number of carbonyl (C=O) groups is 1. The number of azo groups is 1. The third-order valence-corrected chi connectivity index (χ3v) is 3.55. The zero-order valence-corrected chi connectivity index (χ0v) is 11.6. The normalized spacial score (nSPS) is 15.6. The van der Waals surface area contributed by atoms with E-state index in [9.17, 15) is 9.90 Å². The van der Waals surface area contributed by atoms with E-state index in [4.69, 9.17) is 0 Å². The average molecular weight is 271 g/mol. The summed E-state index contributed by atoms with van der Waals surface area (Å²) in [6.07, 6.45) is 1.80. The lowest BCUT2D eigenvalue weighted by Crippen LogP contribution is -1.98. The van der Waals surface area contributed by atoms with Crippen LogP contribution >= 0.6 is 0 Å². The molecule has 1 aliphatic carbocycles. The lowest BCUT2D eigenvalue weighted by molar-refractivity contribution is -0.119. The average Bonchev–Trinajstić information content (AvgIpc) is 3.21. The second-order valence-electron chi connectivity index (χ2n) is 5.47. The van der Waals surface area contributed by atoms with Crippen molar-refractivity contribution in [2.75, 3.05) is 0 Å². The Morgan fingerprint density at radius 3 is 2.70 bits per heavy atom. The second-order valence-corrected chi connectivity index (χ2v) is 5.47. The van der Waals surface area contributed by atoms with Crippen LogP contribution in [0.2, 0.25) is 0 Å². The Morgan fingerprint density at radius 1 is 1.35 bits per heavy atom. The maximum Gasteiger partial charge on any atom is 0.267 e. The first-order chi connectivity index (χ1) is 9.59. The minimum atomic E-state index is -0.189. The Balaban J connectivity index is 2.09. The number of fused-ring (bicyclic) bond motifs is 1. The molecule has 1 aromatic heterocycles. The molecule has 3 rings (SSSR count). The standard InChI is InChI=1S/C15H17N3O2/c1-9(2)18-12-6-4-3-5-11(12)13(15(18)20)16-17-14(19)10-7-8-10/h3-6,9-10,20H,7-8H2,1-2H3. The molecule has 1 fully saturated rings. The minimum Gasteiger partial charge on any atom is -0.493 e. The van der Waals surface area contributed by atoms with Crippen LogP contribution in [-0.4, -0.2) is 15.6 Å². The van der Waals surface area contributed by atoms with Crippen molar-refractivity contribution in [2.45, 2.75) is 32.7 Å². The number of hydrogen-bond acceptors (Lipinski definition) is 3. The molecule has 1 N–H and O–H groups in total. The Bertz CT molecular complexity index is 696. The molecule has 0 atom stereocenters. The van der Waals surface area contributed by atoms with Crippen molar-refractivity contribution in [3.8, 4) is 5.88 Å². The van der Waals surface area contributed by atoms with Gasteiger partial charge in [0.2, 0.25) is 5.88 Å². The van der Waals surface area contributed by atoms with Crippen LogP contribution in [0.3, 0.4) is 0 Å². The molecule has 0 bridgehead atoms. The maximum absolute atomic E-state index is 11.6. The highest BCUT2D eigenvalue weighted by Gasteiger charge is 2.30. The molecule has 1 aromatic carbocycles. The van der Waals surface area contributed by atoms with Gasteiger partial charge in [0.05, 0.1) is 5.52 Å². The lowest BCUT2D eigenvalue weighted by atomic mass is 10.2. The predicted molar refractivity (Wildman–Crippen MR) is 76.2 cm³/mol. The molecule has 0 radical (unpaired) electrons. The van der Waals surface area contributed by atoms with Crippen LogP contribution in [-0.2, 0) is 4.79 Å². The molecule has 5 nitrogen and oxygen atoms in total. The van der Waals surface area contributed by atoms with Gasteiger partial charge < -0.3 is 9.67 Å². The van der Waals surface area contributed by atoms with E-state index in [1.54, 1.807) is 4.57 Å². The number of hydrogen-bond donors (Lipinski definition) is 1. The number of para-hydroxylation sites is 1. The van der Waals surface area contributed by atoms with Crippen LogP contribution in [0.4, 0.5) is 5.69 Å². The smallest absolute Gasteiger partial charge is 0.267 e. The fourth-order valence-electron chi connectivity index (χ4n) is 2.37. The van der Waals surface area contributed by atoms with Gasteiger partial charge in [0.15, 0.2) is 5.69 Å². The molecule has 1 aliphatic rings. The fourth-order valence-corrected chi connectivity index (χ4v) is 2.37. The summed E-state index contributed by atoms with van der Waals surface area (Å²) < 4.78 is 1.80. The van der Waals surface area contributed by atoms with Crippen LogP contribution < -0.4 is 0 Å². The van der Waals surface area contributed by atoms with Gasteiger partial charge in [-0.1, -0.05) is 18.2 Å². The monoisotopic (exact) mass is 271 g/mol. The molecule has 0 spiro atoms. The summed E-state index contributed by atoms with van der Waals surface area (Å²) in [5.41, 5.74) is 1.27. The van der Waals surface area contributed by atoms with Crippen molar-refractivity contribution in [1.29, 1.82) is 0 Å².